The number of nitrogen functional groups attached to an aromatic ring is 1. The average molecular weight is 219 g/mol. The van der Waals surface area contributed by atoms with Gasteiger partial charge in [0.05, 0.1) is 11.8 Å². The SMILES string of the molecule is CCCC/C=C/OC(=O)c1ccccc1N. The molecule has 1 rings (SSSR count). The van der Waals surface area contributed by atoms with Crippen molar-refractivity contribution >= 4 is 11.7 Å². The number of anilines is 1. The molecular formula is C13H17NO2. The van der Waals surface area contributed by atoms with Crippen molar-refractivity contribution < 1.29 is 9.53 Å². The van der Waals surface area contributed by atoms with Crippen LogP contribution in [0.3, 0.4) is 0 Å². The van der Waals surface area contributed by atoms with Crippen molar-refractivity contribution in [2.75, 3.05) is 5.73 Å². The van der Waals surface area contributed by atoms with Crippen LogP contribution in [0.4, 0.5) is 5.69 Å². The summed E-state index contributed by atoms with van der Waals surface area (Å²) in [6.45, 7) is 2.12. The highest BCUT2D eigenvalue weighted by Gasteiger charge is 2.08. The van der Waals surface area contributed by atoms with Crippen LogP contribution < -0.4 is 5.73 Å². The van der Waals surface area contributed by atoms with Gasteiger partial charge in [-0.2, -0.15) is 0 Å². The van der Waals surface area contributed by atoms with Gasteiger partial charge in [0.15, 0.2) is 0 Å². The highest BCUT2D eigenvalue weighted by molar-refractivity contribution is 5.95. The Kier molecular flexibility index (Phi) is 5.12. The molecule has 0 aliphatic carbocycles. The fraction of sp³-hybridized carbons (Fsp3) is 0.308. The van der Waals surface area contributed by atoms with Gasteiger partial charge in [-0.15, -0.1) is 0 Å². The number of ether oxygens (including phenoxy) is 1. The molecule has 0 bridgehead atoms. The minimum atomic E-state index is -0.411. The molecule has 0 atom stereocenters. The molecular weight excluding hydrogens is 202 g/mol. The lowest BCUT2D eigenvalue weighted by molar-refractivity contribution is 0.0663. The van der Waals surface area contributed by atoms with Crippen molar-refractivity contribution in [2.24, 2.45) is 0 Å². The van der Waals surface area contributed by atoms with Crippen molar-refractivity contribution in [1.29, 1.82) is 0 Å². The fourth-order valence-corrected chi connectivity index (χ4v) is 1.25. The lowest BCUT2D eigenvalue weighted by atomic mass is 10.2. The average Bonchev–Trinajstić information content (AvgIpc) is 2.29. The van der Waals surface area contributed by atoms with Gasteiger partial charge in [0.2, 0.25) is 0 Å². The predicted octanol–water partition coefficient (Wildman–Crippen LogP) is 3.13. The van der Waals surface area contributed by atoms with Gasteiger partial charge >= 0.3 is 5.97 Å². The van der Waals surface area contributed by atoms with Crippen LogP contribution in [0, 0.1) is 0 Å². The van der Waals surface area contributed by atoms with E-state index in [1.807, 2.05) is 6.08 Å². The van der Waals surface area contributed by atoms with Gasteiger partial charge in [0, 0.05) is 5.69 Å². The summed E-state index contributed by atoms with van der Waals surface area (Å²) in [5, 5.41) is 0. The first-order valence-corrected chi connectivity index (χ1v) is 5.46. The molecule has 1 aromatic rings. The van der Waals surface area contributed by atoms with E-state index in [4.69, 9.17) is 10.5 Å². The number of carbonyl (C=O) groups excluding carboxylic acids is 1. The second-order valence-corrected chi connectivity index (χ2v) is 3.51. The van der Waals surface area contributed by atoms with Crippen molar-refractivity contribution in [2.45, 2.75) is 26.2 Å². The Morgan fingerprint density at radius 2 is 2.19 bits per heavy atom. The quantitative estimate of drug-likeness (QED) is 0.358. The molecule has 0 aliphatic heterocycles. The fourth-order valence-electron chi connectivity index (χ4n) is 1.25. The maximum absolute atomic E-state index is 11.5. The minimum absolute atomic E-state index is 0.405. The third-order valence-electron chi connectivity index (χ3n) is 2.18. The second-order valence-electron chi connectivity index (χ2n) is 3.51. The van der Waals surface area contributed by atoms with Gasteiger partial charge in [-0.3, -0.25) is 0 Å². The molecule has 0 spiro atoms. The van der Waals surface area contributed by atoms with Gasteiger partial charge in [-0.25, -0.2) is 4.79 Å². The summed E-state index contributed by atoms with van der Waals surface area (Å²) in [7, 11) is 0. The zero-order chi connectivity index (χ0) is 11.8. The van der Waals surface area contributed by atoms with E-state index in [1.54, 1.807) is 24.3 Å². The molecule has 0 unspecified atom stereocenters. The Morgan fingerprint density at radius 3 is 2.88 bits per heavy atom. The topological polar surface area (TPSA) is 52.3 Å². The highest BCUT2D eigenvalue weighted by atomic mass is 16.5. The van der Waals surface area contributed by atoms with E-state index in [1.165, 1.54) is 6.26 Å². The number of esters is 1. The Morgan fingerprint density at radius 1 is 1.44 bits per heavy atom. The zero-order valence-corrected chi connectivity index (χ0v) is 9.48. The van der Waals surface area contributed by atoms with E-state index < -0.39 is 5.97 Å². The number of benzene rings is 1. The standard InChI is InChI=1S/C13H17NO2/c1-2-3-4-7-10-16-13(15)11-8-5-6-9-12(11)14/h5-10H,2-4,14H2,1H3/b10-7+. The van der Waals surface area contributed by atoms with Crippen LogP contribution in [-0.4, -0.2) is 5.97 Å². The van der Waals surface area contributed by atoms with E-state index in [0.29, 0.717) is 11.3 Å². The van der Waals surface area contributed by atoms with Crippen LogP contribution in [-0.2, 0) is 4.74 Å². The van der Waals surface area contributed by atoms with Crippen molar-refractivity contribution in [3.8, 4) is 0 Å². The summed E-state index contributed by atoms with van der Waals surface area (Å²) in [5.41, 5.74) is 6.49. The van der Waals surface area contributed by atoms with Crippen LogP contribution in [0.15, 0.2) is 36.6 Å². The monoisotopic (exact) mass is 219 g/mol. The van der Waals surface area contributed by atoms with E-state index >= 15 is 0 Å². The smallest absolute Gasteiger partial charge is 0.345 e. The molecule has 0 heterocycles. The number of para-hydroxylation sites is 1. The first-order chi connectivity index (χ1) is 7.75. The number of hydrogen-bond donors (Lipinski definition) is 1. The lowest BCUT2D eigenvalue weighted by Gasteiger charge is -2.02. The molecule has 2 N–H and O–H groups in total. The number of rotatable bonds is 5. The molecule has 1 aromatic carbocycles. The molecule has 0 aliphatic rings. The second kappa shape index (κ2) is 6.67. The molecule has 3 nitrogen and oxygen atoms in total. The lowest BCUT2D eigenvalue weighted by Crippen LogP contribution is -2.04. The Bertz CT molecular complexity index is 372. The number of carbonyl (C=O) groups is 1. The molecule has 0 saturated carbocycles. The summed E-state index contributed by atoms with van der Waals surface area (Å²) in [5.74, 6) is -0.411. The number of hydrogen-bond acceptors (Lipinski definition) is 3. The first-order valence-electron chi connectivity index (χ1n) is 5.46. The van der Waals surface area contributed by atoms with Crippen LogP contribution in [0.25, 0.3) is 0 Å². The number of unbranched alkanes of at least 4 members (excludes halogenated alkanes) is 2. The van der Waals surface area contributed by atoms with Crippen LogP contribution in [0.1, 0.15) is 36.5 Å². The highest BCUT2D eigenvalue weighted by Crippen LogP contribution is 2.11. The van der Waals surface area contributed by atoms with E-state index in [-0.39, 0.29) is 0 Å². The normalized spacial score (nSPS) is 10.6. The molecule has 0 aromatic heterocycles. The summed E-state index contributed by atoms with van der Waals surface area (Å²) < 4.78 is 4.96. The van der Waals surface area contributed by atoms with E-state index in [9.17, 15) is 4.79 Å². The van der Waals surface area contributed by atoms with E-state index in [2.05, 4.69) is 6.92 Å². The van der Waals surface area contributed by atoms with Crippen LogP contribution >= 0.6 is 0 Å². The van der Waals surface area contributed by atoms with Gasteiger partial charge in [0.1, 0.15) is 0 Å². The Hall–Kier alpha value is -1.77. The molecule has 0 radical (unpaired) electrons. The number of nitrogens with two attached hydrogens (primary N) is 1. The van der Waals surface area contributed by atoms with Crippen molar-refractivity contribution in [1.82, 2.24) is 0 Å². The molecule has 0 saturated heterocycles. The van der Waals surface area contributed by atoms with Crippen LogP contribution in [0.5, 0.6) is 0 Å². The predicted molar refractivity (Wildman–Crippen MR) is 64.9 cm³/mol. The van der Waals surface area contributed by atoms with E-state index in [0.717, 1.165) is 19.3 Å². The summed E-state index contributed by atoms with van der Waals surface area (Å²) in [6, 6.07) is 6.87. The molecule has 16 heavy (non-hydrogen) atoms. The molecule has 0 fully saturated rings. The summed E-state index contributed by atoms with van der Waals surface area (Å²) in [4.78, 5) is 11.5. The van der Waals surface area contributed by atoms with Gasteiger partial charge in [-0.1, -0.05) is 25.5 Å². The third kappa shape index (κ3) is 3.77. The molecule has 3 heteroatoms. The largest absolute Gasteiger partial charge is 0.431 e. The maximum Gasteiger partial charge on any atom is 0.345 e. The molecule has 86 valence electrons. The zero-order valence-electron chi connectivity index (χ0n) is 9.48. The molecule has 0 amide bonds. The Balaban J connectivity index is 2.47. The van der Waals surface area contributed by atoms with Gasteiger partial charge < -0.3 is 10.5 Å². The summed E-state index contributed by atoms with van der Waals surface area (Å²) >= 11 is 0. The van der Waals surface area contributed by atoms with Gasteiger partial charge in [0.25, 0.3) is 0 Å². The Labute approximate surface area is 95.9 Å². The van der Waals surface area contributed by atoms with Crippen molar-refractivity contribution in [3.05, 3.63) is 42.2 Å². The third-order valence-corrected chi connectivity index (χ3v) is 2.18. The number of allylic oxidation sites excluding steroid dienone is 1. The minimum Gasteiger partial charge on any atom is -0.431 e. The first kappa shape index (κ1) is 12.3. The summed E-state index contributed by atoms with van der Waals surface area (Å²) in [6.07, 6.45) is 6.43. The van der Waals surface area contributed by atoms with Crippen molar-refractivity contribution in [3.63, 3.8) is 0 Å². The van der Waals surface area contributed by atoms with Crippen LogP contribution in [0.2, 0.25) is 0 Å². The maximum atomic E-state index is 11.5. The van der Waals surface area contributed by atoms with Gasteiger partial charge in [-0.05, 0) is 31.1 Å².